The van der Waals surface area contributed by atoms with Crippen LogP contribution in [-0.4, -0.2) is 36.0 Å². The van der Waals surface area contributed by atoms with Crippen molar-refractivity contribution in [2.45, 2.75) is 49.0 Å². The Labute approximate surface area is 169 Å². The second-order valence-corrected chi connectivity index (χ2v) is 9.36. The maximum Gasteiger partial charge on any atom is 0.258 e. The van der Waals surface area contributed by atoms with Gasteiger partial charge >= 0.3 is 0 Å². The van der Waals surface area contributed by atoms with Gasteiger partial charge in [0.2, 0.25) is 10.0 Å². The van der Waals surface area contributed by atoms with E-state index in [-0.39, 0.29) is 28.2 Å². The summed E-state index contributed by atoms with van der Waals surface area (Å²) in [5.41, 5.74) is 6.22. The van der Waals surface area contributed by atoms with Gasteiger partial charge in [-0.15, -0.1) is 12.4 Å². The molecule has 148 valence electrons. The van der Waals surface area contributed by atoms with Gasteiger partial charge in [0.25, 0.3) is 5.89 Å². The van der Waals surface area contributed by atoms with Gasteiger partial charge in [0.05, 0.1) is 10.6 Å². The van der Waals surface area contributed by atoms with E-state index in [1.54, 1.807) is 12.1 Å². The smallest absolute Gasteiger partial charge is 0.258 e. The van der Waals surface area contributed by atoms with E-state index in [1.807, 2.05) is 0 Å². The Morgan fingerprint density at radius 1 is 1.15 bits per heavy atom. The molecule has 0 unspecified atom stereocenters. The number of benzene rings is 1. The molecular weight excluding hydrogens is 411 g/mol. The Hall–Kier alpha value is -1.19. The first-order chi connectivity index (χ1) is 12.4. The molecule has 10 heteroatoms. The van der Waals surface area contributed by atoms with Crippen molar-refractivity contribution in [1.82, 2.24) is 14.4 Å². The van der Waals surface area contributed by atoms with Gasteiger partial charge in [0.1, 0.15) is 4.90 Å². The van der Waals surface area contributed by atoms with Gasteiger partial charge in [-0.05, 0) is 50.3 Å². The summed E-state index contributed by atoms with van der Waals surface area (Å²) in [5.74, 6) is 0.720. The van der Waals surface area contributed by atoms with E-state index in [0.717, 1.165) is 38.5 Å². The van der Waals surface area contributed by atoms with E-state index >= 15 is 0 Å². The molecule has 0 bridgehead atoms. The highest BCUT2D eigenvalue weighted by atomic mass is 35.5. The van der Waals surface area contributed by atoms with Gasteiger partial charge in [-0.25, -0.2) is 8.42 Å². The second-order valence-electron chi connectivity index (χ2n) is 7.04. The molecule has 2 heterocycles. The molecule has 27 heavy (non-hydrogen) atoms. The number of hydrogen-bond donors (Lipinski definition) is 1. The maximum absolute atomic E-state index is 13.0. The zero-order valence-electron chi connectivity index (χ0n) is 14.7. The van der Waals surface area contributed by atoms with Gasteiger partial charge < -0.3 is 10.3 Å². The lowest BCUT2D eigenvalue weighted by molar-refractivity contribution is 0.229. The van der Waals surface area contributed by atoms with Crippen LogP contribution in [0.1, 0.15) is 44.3 Å². The largest absolute Gasteiger partial charge is 0.334 e. The van der Waals surface area contributed by atoms with Crippen LogP contribution >= 0.6 is 24.0 Å². The Morgan fingerprint density at radius 3 is 2.48 bits per heavy atom. The molecule has 4 rings (SSSR count). The molecule has 2 fully saturated rings. The number of rotatable bonds is 4. The number of piperidine rings is 1. The van der Waals surface area contributed by atoms with Crippen molar-refractivity contribution in [3.8, 4) is 11.5 Å². The molecule has 1 saturated heterocycles. The predicted molar refractivity (Wildman–Crippen MR) is 104 cm³/mol. The first kappa shape index (κ1) is 20.5. The summed E-state index contributed by atoms with van der Waals surface area (Å²) in [5, 5.41) is 4.17. The lowest BCUT2D eigenvalue weighted by Crippen LogP contribution is -2.44. The minimum absolute atomic E-state index is 0. The van der Waals surface area contributed by atoms with Crippen LogP contribution in [0.15, 0.2) is 27.6 Å². The minimum Gasteiger partial charge on any atom is -0.334 e. The fraction of sp³-hybridized carbons (Fsp3) is 0.529. The van der Waals surface area contributed by atoms with Crippen LogP contribution in [0.5, 0.6) is 0 Å². The third-order valence-electron chi connectivity index (χ3n) is 5.23. The average Bonchev–Trinajstić information content (AvgIpc) is 3.11. The summed E-state index contributed by atoms with van der Waals surface area (Å²) in [6.07, 6.45) is 5.46. The van der Waals surface area contributed by atoms with Crippen molar-refractivity contribution in [1.29, 1.82) is 0 Å². The standard InChI is InChI=1S/C17H21ClN4O3S.ClH/c18-13-6-5-12(15-20-16(21-25-15)17(19)7-4-8-17)11-14(13)26(23,24)22-9-2-1-3-10-22;/h5-6,11H,1-4,7-10,19H2;1H. The fourth-order valence-electron chi connectivity index (χ4n) is 3.40. The van der Waals surface area contributed by atoms with Gasteiger partial charge in [-0.2, -0.15) is 9.29 Å². The normalized spacial score (nSPS) is 19.9. The van der Waals surface area contributed by atoms with Gasteiger partial charge in [-0.3, -0.25) is 0 Å². The summed E-state index contributed by atoms with van der Waals surface area (Å²) in [7, 11) is -3.65. The molecule has 1 aromatic heterocycles. The molecular formula is C17H22Cl2N4O3S. The topological polar surface area (TPSA) is 102 Å². The van der Waals surface area contributed by atoms with Crippen LogP contribution in [-0.2, 0) is 15.6 Å². The number of aromatic nitrogens is 2. The van der Waals surface area contributed by atoms with Gasteiger partial charge in [0.15, 0.2) is 5.82 Å². The summed E-state index contributed by atoms with van der Waals surface area (Å²) < 4.78 is 32.8. The van der Waals surface area contributed by atoms with Crippen LogP contribution in [0.2, 0.25) is 5.02 Å². The summed E-state index contributed by atoms with van der Waals surface area (Å²) >= 11 is 6.20. The van der Waals surface area contributed by atoms with E-state index in [9.17, 15) is 8.42 Å². The average molecular weight is 433 g/mol. The molecule has 0 spiro atoms. The molecule has 2 aliphatic rings. The Bertz CT molecular complexity index is 922. The van der Waals surface area contributed by atoms with Crippen molar-refractivity contribution >= 4 is 34.0 Å². The summed E-state index contributed by atoms with van der Waals surface area (Å²) in [6.45, 7) is 1.03. The van der Waals surface area contributed by atoms with E-state index in [2.05, 4.69) is 10.1 Å². The van der Waals surface area contributed by atoms with E-state index in [1.165, 1.54) is 10.4 Å². The van der Waals surface area contributed by atoms with Crippen molar-refractivity contribution < 1.29 is 12.9 Å². The van der Waals surface area contributed by atoms with Crippen molar-refractivity contribution in [2.24, 2.45) is 5.73 Å². The fourth-order valence-corrected chi connectivity index (χ4v) is 5.42. The van der Waals surface area contributed by atoms with Crippen LogP contribution in [0.3, 0.4) is 0 Å². The van der Waals surface area contributed by atoms with Gasteiger partial charge in [-0.1, -0.05) is 23.2 Å². The highest BCUT2D eigenvalue weighted by Crippen LogP contribution is 2.38. The Balaban J connectivity index is 0.00000210. The number of nitrogens with two attached hydrogens (primary N) is 1. The Morgan fingerprint density at radius 2 is 1.85 bits per heavy atom. The number of hydrogen-bond acceptors (Lipinski definition) is 6. The molecule has 1 saturated carbocycles. The van der Waals surface area contributed by atoms with E-state index < -0.39 is 15.6 Å². The molecule has 1 aliphatic heterocycles. The third-order valence-corrected chi connectivity index (χ3v) is 7.61. The molecule has 2 N–H and O–H groups in total. The number of sulfonamides is 1. The second kappa shape index (κ2) is 7.67. The first-order valence-corrected chi connectivity index (χ1v) is 10.7. The summed E-state index contributed by atoms with van der Waals surface area (Å²) in [6, 6.07) is 4.74. The summed E-state index contributed by atoms with van der Waals surface area (Å²) in [4.78, 5) is 4.46. The van der Waals surface area contributed by atoms with Crippen LogP contribution in [0.4, 0.5) is 0 Å². The first-order valence-electron chi connectivity index (χ1n) is 8.83. The molecule has 0 atom stereocenters. The Kier molecular flexibility index (Phi) is 5.84. The van der Waals surface area contributed by atoms with Crippen molar-refractivity contribution in [2.75, 3.05) is 13.1 Å². The molecule has 0 radical (unpaired) electrons. The molecule has 2 aromatic rings. The van der Waals surface area contributed by atoms with Crippen molar-refractivity contribution in [3.05, 3.63) is 29.0 Å². The number of halogens is 2. The minimum atomic E-state index is -3.65. The van der Waals surface area contributed by atoms with E-state index in [0.29, 0.717) is 24.5 Å². The lowest BCUT2D eigenvalue weighted by atomic mass is 9.77. The number of nitrogens with zero attached hydrogens (tertiary/aromatic N) is 3. The molecule has 1 aromatic carbocycles. The molecule has 1 aliphatic carbocycles. The predicted octanol–water partition coefficient (Wildman–Crippen LogP) is 3.32. The highest BCUT2D eigenvalue weighted by molar-refractivity contribution is 7.89. The molecule has 0 amide bonds. The zero-order valence-corrected chi connectivity index (χ0v) is 17.1. The van der Waals surface area contributed by atoms with Crippen molar-refractivity contribution in [3.63, 3.8) is 0 Å². The van der Waals surface area contributed by atoms with E-state index in [4.69, 9.17) is 21.9 Å². The van der Waals surface area contributed by atoms with Crippen LogP contribution < -0.4 is 5.73 Å². The monoisotopic (exact) mass is 432 g/mol. The molecule has 7 nitrogen and oxygen atoms in total. The zero-order chi connectivity index (χ0) is 18.4. The SMILES string of the molecule is Cl.NC1(c2noc(-c3ccc(Cl)c(S(=O)(=O)N4CCCCC4)c3)n2)CCC1. The van der Waals surface area contributed by atoms with Crippen LogP contribution in [0, 0.1) is 0 Å². The highest BCUT2D eigenvalue weighted by Gasteiger charge is 2.39. The van der Waals surface area contributed by atoms with Gasteiger partial charge in [0, 0.05) is 18.7 Å². The van der Waals surface area contributed by atoms with Crippen LogP contribution in [0.25, 0.3) is 11.5 Å². The lowest BCUT2D eigenvalue weighted by Gasteiger charge is -2.34. The quantitative estimate of drug-likeness (QED) is 0.794. The third kappa shape index (κ3) is 3.73. The maximum atomic E-state index is 13.0.